The average molecular weight is 311 g/mol. The van der Waals surface area contributed by atoms with E-state index in [1.54, 1.807) is 16.7 Å². The van der Waals surface area contributed by atoms with Crippen LogP contribution >= 0.6 is 27.3 Å². The number of halogens is 1. The van der Waals surface area contributed by atoms with Crippen LogP contribution < -0.4 is 5.69 Å². The Morgan fingerprint density at radius 1 is 1.29 bits per heavy atom. The minimum atomic E-state index is -0.208. The first-order valence-electron chi connectivity index (χ1n) is 4.84. The molecular formula is C11H7BrN2O2S. The van der Waals surface area contributed by atoms with Crippen LogP contribution in [0.3, 0.4) is 0 Å². The maximum Gasteiger partial charge on any atom is 0.331 e. The second-order valence-electron chi connectivity index (χ2n) is 3.54. The van der Waals surface area contributed by atoms with Crippen molar-refractivity contribution in [1.82, 2.24) is 9.55 Å². The highest BCUT2D eigenvalue weighted by Crippen LogP contribution is 2.27. The summed E-state index contributed by atoms with van der Waals surface area (Å²) in [7, 11) is 0. The van der Waals surface area contributed by atoms with Crippen molar-refractivity contribution in [2.45, 2.75) is 0 Å². The van der Waals surface area contributed by atoms with Crippen LogP contribution in [0.4, 0.5) is 0 Å². The lowest BCUT2D eigenvalue weighted by Crippen LogP contribution is -2.13. The van der Waals surface area contributed by atoms with Crippen LogP contribution in [0.5, 0.6) is 5.75 Å². The number of aromatic hydroxyl groups is 1. The molecule has 0 atom stereocenters. The summed E-state index contributed by atoms with van der Waals surface area (Å²) >= 11 is 4.85. The Labute approximate surface area is 108 Å². The molecule has 3 aromatic rings. The summed E-state index contributed by atoms with van der Waals surface area (Å²) < 4.78 is 2.55. The van der Waals surface area contributed by atoms with Crippen molar-refractivity contribution in [1.29, 1.82) is 0 Å². The van der Waals surface area contributed by atoms with Crippen LogP contribution in [0.1, 0.15) is 0 Å². The predicted octanol–water partition coefficient (Wildman–Crippen LogP) is 2.85. The quantitative estimate of drug-likeness (QED) is 0.726. The van der Waals surface area contributed by atoms with E-state index >= 15 is 0 Å². The van der Waals surface area contributed by atoms with Gasteiger partial charge in [-0.25, -0.2) is 4.79 Å². The summed E-state index contributed by atoms with van der Waals surface area (Å²) in [5.74, 6) is 0.137. The average Bonchev–Trinajstić information content (AvgIpc) is 2.80. The minimum Gasteiger partial charge on any atom is -0.508 e. The first kappa shape index (κ1) is 10.6. The van der Waals surface area contributed by atoms with Gasteiger partial charge in [-0.3, -0.25) is 4.57 Å². The number of hydrogen-bond acceptors (Lipinski definition) is 3. The topological polar surface area (TPSA) is 58.0 Å². The second-order valence-corrected chi connectivity index (χ2v) is 5.99. The molecule has 0 spiro atoms. The zero-order valence-electron chi connectivity index (χ0n) is 8.48. The zero-order chi connectivity index (χ0) is 12.0. The monoisotopic (exact) mass is 310 g/mol. The molecule has 0 bridgehead atoms. The van der Waals surface area contributed by atoms with E-state index in [0.717, 1.165) is 14.3 Å². The summed E-state index contributed by atoms with van der Waals surface area (Å²) in [6.45, 7) is 0. The van der Waals surface area contributed by atoms with Crippen LogP contribution in [-0.4, -0.2) is 14.7 Å². The smallest absolute Gasteiger partial charge is 0.331 e. The number of rotatable bonds is 1. The SMILES string of the molecule is O=c1[nH]c2cc(O)ccc2n1-c1ccc(Br)s1. The number of H-pyrrole nitrogens is 1. The number of aromatic amines is 1. The summed E-state index contributed by atoms with van der Waals surface area (Å²) in [4.78, 5) is 14.6. The standard InChI is InChI=1S/C11H7BrN2O2S/c12-9-3-4-10(17-9)14-8-2-1-6(15)5-7(8)13-11(14)16/h1-5,15H,(H,13,16). The van der Waals surface area contributed by atoms with Crippen molar-refractivity contribution in [3.8, 4) is 10.8 Å². The third-order valence-electron chi connectivity index (χ3n) is 2.45. The Morgan fingerprint density at radius 3 is 2.82 bits per heavy atom. The van der Waals surface area contributed by atoms with Crippen LogP contribution in [-0.2, 0) is 0 Å². The van der Waals surface area contributed by atoms with Gasteiger partial charge in [0.25, 0.3) is 0 Å². The van der Waals surface area contributed by atoms with E-state index in [1.807, 2.05) is 12.1 Å². The molecule has 0 unspecified atom stereocenters. The minimum absolute atomic E-state index is 0.137. The maximum absolute atomic E-state index is 11.9. The van der Waals surface area contributed by atoms with E-state index in [4.69, 9.17) is 0 Å². The third kappa shape index (κ3) is 1.69. The maximum atomic E-state index is 11.9. The van der Waals surface area contributed by atoms with Gasteiger partial charge in [0.05, 0.1) is 14.8 Å². The van der Waals surface area contributed by atoms with Crippen molar-refractivity contribution >= 4 is 38.3 Å². The Morgan fingerprint density at radius 2 is 2.12 bits per heavy atom. The molecule has 6 heteroatoms. The lowest BCUT2D eigenvalue weighted by atomic mass is 10.3. The number of nitrogens with one attached hydrogen (secondary N) is 1. The molecule has 0 saturated carbocycles. The number of fused-ring (bicyclic) bond motifs is 1. The van der Waals surface area contributed by atoms with Gasteiger partial charge in [-0.1, -0.05) is 0 Å². The molecule has 0 radical (unpaired) electrons. The largest absolute Gasteiger partial charge is 0.508 e. The summed E-state index contributed by atoms with van der Waals surface area (Å²) in [6, 6.07) is 8.59. The molecule has 86 valence electrons. The first-order chi connectivity index (χ1) is 8.15. The fourth-order valence-corrected chi connectivity index (χ4v) is 3.12. The van der Waals surface area contributed by atoms with E-state index in [0.29, 0.717) is 5.52 Å². The molecule has 0 aliphatic heterocycles. The van der Waals surface area contributed by atoms with Gasteiger partial charge in [0.2, 0.25) is 0 Å². The number of phenolic OH excluding ortho intramolecular Hbond substituents is 1. The summed E-state index contributed by atoms with van der Waals surface area (Å²) in [5, 5.41) is 10.2. The predicted molar refractivity (Wildman–Crippen MR) is 71.1 cm³/mol. The van der Waals surface area contributed by atoms with Crippen LogP contribution in [0.2, 0.25) is 0 Å². The molecule has 0 saturated heterocycles. The van der Waals surface area contributed by atoms with E-state index in [9.17, 15) is 9.90 Å². The number of nitrogens with zero attached hydrogens (tertiary/aromatic N) is 1. The number of benzene rings is 1. The molecule has 0 fully saturated rings. The van der Waals surface area contributed by atoms with Gasteiger partial charge in [0.15, 0.2) is 0 Å². The molecule has 0 aliphatic rings. The molecule has 1 aromatic carbocycles. The zero-order valence-corrected chi connectivity index (χ0v) is 10.9. The van der Waals surface area contributed by atoms with Gasteiger partial charge in [-0.15, -0.1) is 11.3 Å². The summed E-state index contributed by atoms with van der Waals surface area (Å²) in [6.07, 6.45) is 0. The highest BCUT2D eigenvalue weighted by atomic mass is 79.9. The highest BCUT2D eigenvalue weighted by Gasteiger charge is 2.10. The third-order valence-corrected chi connectivity index (χ3v) is 4.05. The Hall–Kier alpha value is -1.53. The number of phenols is 1. The molecule has 4 nitrogen and oxygen atoms in total. The fraction of sp³-hybridized carbons (Fsp3) is 0. The van der Waals surface area contributed by atoms with Crippen molar-refractivity contribution in [2.75, 3.05) is 0 Å². The molecule has 2 N–H and O–H groups in total. The number of aromatic nitrogens is 2. The molecule has 0 amide bonds. The van der Waals surface area contributed by atoms with Crippen LogP contribution in [0.15, 0.2) is 38.9 Å². The highest BCUT2D eigenvalue weighted by molar-refractivity contribution is 9.11. The van der Waals surface area contributed by atoms with Gasteiger partial charge >= 0.3 is 5.69 Å². The van der Waals surface area contributed by atoms with Crippen molar-refractivity contribution < 1.29 is 5.11 Å². The first-order valence-corrected chi connectivity index (χ1v) is 6.45. The molecule has 0 aliphatic carbocycles. The number of imidazole rings is 1. The molecule has 3 rings (SSSR count). The molecule has 2 heterocycles. The Kier molecular flexibility index (Phi) is 2.34. The van der Waals surface area contributed by atoms with Gasteiger partial charge in [0.1, 0.15) is 10.8 Å². The fourth-order valence-electron chi connectivity index (χ4n) is 1.74. The van der Waals surface area contributed by atoms with Crippen molar-refractivity contribution in [3.05, 3.63) is 44.6 Å². The van der Waals surface area contributed by atoms with Crippen molar-refractivity contribution in [2.24, 2.45) is 0 Å². The van der Waals surface area contributed by atoms with Gasteiger partial charge < -0.3 is 10.1 Å². The van der Waals surface area contributed by atoms with Gasteiger partial charge in [-0.05, 0) is 40.2 Å². The summed E-state index contributed by atoms with van der Waals surface area (Å²) in [5.41, 5.74) is 1.17. The van der Waals surface area contributed by atoms with Crippen molar-refractivity contribution in [3.63, 3.8) is 0 Å². The lowest BCUT2D eigenvalue weighted by Gasteiger charge is -1.98. The van der Waals surface area contributed by atoms with E-state index in [-0.39, 0.29) is 11.4 Å². The van der Waals surface area contributed by atoms with Gasteiger partial charge in [-0.2, -0.15) is 0 Å². The van der Waals surface area contributed by atoms with E-state index in [2.05, 4.69) is 20.9 Å². The van der Waals surface area contributed by atoms with Gasteiger partial charge in [0, 0.05) is 6.07 Å². The normalized spacial score (nSPS) is 11.1. The second kappa shape index (κ2) is 3.75. The number of thiophene rings is 1. The molecule has 17 heavy (non-hydrogen) atoms. The molecular weight excluding hydrogens is 304 g/mol. The van der Waals surface area contributed by atoms with E-state index in [1.165, 1.54) is 17.4 Å². The lowest BCUT2D eigenvalue weighted by molar-refractivity contribution is 0.476. The Balaban J connectivity index is 2.36. The van der Waals surface area contributed by atoms with E-state index < -0.39 is 0 Å². The Bertz CT molecular complexity index is 756. The molecule has 2 aromatic heterocycles. The van der Waals surface area contributed by atoms with Crippen LogP contribution in [0.25, 0.3) is 16.0 Å². The number of hydrogen-bond donors (Lipinski definition) is 2. The van der Waals surface area contributed by atoms with Crippen LogP contribution in [0, 0.1) is 0 Å².